The Hall–Kier alpha value is -9.97. The van der Waals surface area contributed by atoms with Crippen LogP contribution in [0.2, 0.25) is 15.1 Å². The lowest BCUT2D eigenvalue weighted by atomic mass is 10.1. The molecule has 25 heteroatoms. The lowest BCUT2D eigenvalue weighted by Crippen LogP contribution is -2.48. The van der Waals surface area contributed by atoms with Gasteiger partial charge in [-0.1, -0.05) is 66.8 Å². The molecular formula is C70H68Cl3N13O8S. The predicted molar refractivity (Wildman–Crippen MR) is 370 cm³/mol. The van der Waals surface area contributed by atoms with Crippen molar-refractivity contribution in [2.24, 2.45) is 5.92 Å². The van der Waals surface area contributed by atoms with Gasteiger partial charge in [0, 0.05) is 136 Å². The molecule has 5 aromatic heterocycles. The molecular weight excluding hydrogens is 1290 g/mol. The Bertz CT molecular complexity index is 4270. The molecule has 21 nitrogen and oxygen atoms in total. The highest BCUT2D eigenvalue weighted by molar-refractivity contribution is 7.89. The normalized spacial score (nSPS) is 12.8. The van der Waals surface area contributed by atoms with E-state index in [2.05, 4.69) is 55.8 Å². The van der Waals surface area contributed by atoms with Gasteiger partial charge in [0.05, 0.1) is 48.2 Å². The van der Waals surface area contributed by atoms with Crippen molar-refractivity contribution in [3.63, 3.8) is 0 Å². The van der Waals surface area contributed by atoms with E-state index < -0.39 is 10.0 Å². The van der Waals surface area contributed by atoms with E-state index in [1.165, 1.54) is 36.5 Å². The van der Waals surface area contributed by atoms with Gasteiger partial charge >= 0.3 is 0 Å². The van der Waals surface area contributed by atoms with Crippen LogP contribution in [0.1, 0.15) is 81.6 Å². The number of halogens is 3. The van der Waals surface area contributed by atoms with Crippen molar-refractivity contribution >= 4 is 103 Å². The van der Waals surface area contributed by atoms with Crippen molar-refractivity contribution in [2.75, 3.05) is 73.2 Å². The highest BCUT2D eigenvalue weighted by Gasteiger charge is 2.23. The van der Waals surface area contributed by atoms with Crippen molar-refractivity contribution < 1.29 is 37.2 Å². The standard InChI is InChI=1S/C25H25ClN4O4S.C23H22ClN5O2.C22H21ClN4O2/c26-22-12-9-19(17-21(22)23-5-1-2-13-27-23)29-25(32)18-7-10-20(11-8-18)35(33,34)28-14-4-16-30-15-3-6-24(30)31;1-16(30)28-10-12-29(13-11-28)22-8-5-17(15-26-22)23(31)27-18-6-7-20(24)19(14-18)21-4-2-3-9-25-21;1-14(2)12-26-22(29)20-9-6-15(13-25-20)21(28)27-16-7-8-18(23)17(11-16)19-5-3-4-10-24-19/h1-2,5,7-13,17,28H,3-4,6,14-16H2,(H,29,32);2-9,14-15H,10-13H2,1H3,(H,27,31);3-11,13-14H,12H2,1-2H3,(H,26,29)(H,27,28). The fraction of sp³-hybridized carbons (Fsp3) is 0.214. The van der Waals surface area contributed by atoms with Gasteiger partial charge in [-0.3, -0.25) is 48.7 Å². The average Bonchev–Trinajstić information content (AvgIpc) is 1.56. The number of likely N-dealkylation sites (tertiary alicyclic amines) is 1. The lowest BCUT2D eigenvalue weighted by Gasteiger charge is -2.34. The maximum atomic E-state index is 12.7. The van der Waals surface area contributed by atoms with Gasteiger partial charge in [-0.05, 0) is 158 Å². The van der Waals surface area contributed by atoms with E-state index in [9.17, 15) is 37.2 Å². The summed E-state index contributed by atoms with van der Waals surface area (Å²) >= 11 is 18.9. The summed E-state index contributed by atoms with van der Waals surface area (Å²) in [6.07, 6.45) is 9.95. The van der Waals surface area contributed by atoms with E-state index in [-0.39, 0.29) is 52.6 Å². The number of benzene rings is 4. The molecule has 0 bridgehead atoms. The van der Waals surface area contributed by atoms with Crippen LogP contribution in [-0.2, 0) is 19.6 Å². The number of nitrogens with one attached hydrogen (secondary N) is 5. The summed E-state index contributed by atoms with van der Waals surface area (Å²) in [5.74, 6) is 0.120. The zero-order valence-electron chi connectivity index (χ0n) is 52.1. The molecule has 7 heterocycles. The molecule has 0 unspecified atom stereocenters. The van der Waals surface area contributed by atoms with Gasteiger partial charge in [0.1, 0.15) is 11.5 Å². The number of anilines is 4. The molecule has 5 N–H and O–H groups in total. The summed E-state index contributed by atoms with van der Waals surface area (Å²) in [4.78, 5) is 100. The fourth-order valence-corrected chi connectivity index (χ4v) is 11.6. The van der Waals surface area contributed by atoms with Crippen LogP contribution in [0.4, 0.5) is 22.9 Å². The van der Waals surface area contributed by atoms with E-state index in [1.807, 2.05) is 73.3 Å². The Labute approximate surface area is 565 Å². The van der Waals surface area contributed by atoms with Crippen LogP contribution in [0.5, 0.6) is 0 Å². The van der Waals surface area contributed by atoms with Gasteiger partial charge in [-0.15, -0.1) is 0 Å². The molecule has 0 aliphatic carbocycles. The van der Waals surface area contributed by atoms with Crippen LogP contribution in [0, 0.1) is 5.92 Å². The number of piperazine rings is 1. The molecule has 4 aromatic carbocycles. The topological polar surface area (TPSA) is 271 Å². The van der Waals surface area contributed by atoms with E-state index in [0.29, 0.717) is 111 Å². The molecule has 0 atom stereocenters. The Kier molecular flexibility index (Phi) is 24.3. The molecule has 6 amide bonds. The first-order valence-electron chi connectivity index (χ1n) is 30.4. The Balaban J connectivity index is 0.000000168. The number of pyridine rings is 5. The van der Waals surface area contributed by atoms with Gasteiger partial charge < -0.3 is 36.0 Å². The summed E-state index contributed by atoms with van der Waals surface area (Å²) in [6.45, 7) is 10.5. The second-order valence-electron chi connectivity index (χ2n) is 22.3. The summed E-state index contributed by atoms with van der Waals surface area (Å²) in [5.41, 5.74) is 7.42. The third-order valence-corrected chi connectivity index (χ3v) is 17.4. The smallest absolute Gasteiger partial charge is 0.269 e. The van der Waals surface area contributed by atoms with E-state index in [0.717, 1.165) is 48.7 Å². The van der Waals surface area contributed by atoms with Crippen molar-refractivity contribution in [3.05, 3.63) is 226 Å². The Morgan fingerprint density at radius 2 is 1.01 bits per heavy atom. The first-order valence-corrected chi connectivity index (χ1v) is 33.1. The first kappa shape index (κ1) is 69.4. The minimum atomic E-state index is -3.72. The van der Waals surface area contributed by atoms with Crippen LogP contribution in [0.3, 0.4) is 0 Å². The van der Waals surface area contributed by atoms with Gasteiger partial charge in [0.25, 0.3) is 23.6 Å². The number of hydrogen-bond acceptors (Lipinski definition) is 14. The van der Waals surface area contributed by atoms with Crippen LogP contribution < -0.4 is 30.9 Å². The highest BCUT2D eigenvalue weighted by atomic mass is 35.5. The summed E-state index contributed by atoms with van der Waals surface area (Å²) in [5, 5.41) is 12.9. The number of amides is 6. The first-order chi connectivity index (χ1) is 45.8. The second kappa shape index (κ2) is 33.2. The maximum absolute atomic E-state index is 12.7. The van der Waals surface area contributed by atoms with Gasteiger partial charge in [-0.2, -0.15) is 0 Å². The van der Waals surface area contributed by atoms with Crippen LogP contribution >= 0.6 is 34.8 Å². The lowest BCUT2D eigenvalue weighted by molar-refractivity contribution is -0.129. The molecule has 0 spiro atoms. The molecule has 2 aliphatic heterocycles. The molecule has 0 radical (unpaired) electrons. The monoisotopic (exact) mass is 1360 g/mol. The largest absolute Gasteiger partial charge is 0.353 e. The third-order valence-electron chi connectivity index (χ3n) is 15.0. The number of rotatable bonds is 19. The minimum absolute atomic E-state index is 0.0650. The number of hydrogen-bond donors (Lipinski definition) is 5. The van der Waals surface area contributed by atoms with Crippen LogP contribution in [-0.4, -0.2) is 131 Å². The molecule has 2 aliphatic rings. The number of aromatic nitrogens is 5. The minimum Gasteiger partial charge on any atom is -0.353 e. The summed E-state index contributed by atoms with van der Waals surface area (Å²) in [7, 11) is -3.72. The fourth-order valence-electron chi connectivity index (χ4n) is 9.87. The van der Waals surface area contributed by atoms with Crippen LogP contribution in [0.15, 0.2) is 194 Å². The molecule has 11 rings (SSSR count). The van der Waals surface area contributed by atoms with Gasteiger partial charge in [-0.25, -0.2) is 18.1 Å². The van der Waals surface area contributed by atoms with Crippen molar-refractivity contribution in [3.8, 4) is 33.8 Å². The number of carbonyl (C=O) groups is 6. The summed E-state index contributed by atoms with van der Waals surface area (Å²) in [6, 6.07) is 44.6. The summed E-state index contributed by atoms with van der Waals surface area (Å²) < 4.78 is 27.7. The Morgan fingerprint density at radius 3 is 1.42 bits per heavy atom. The number of carbonyl (C=O) groups excluding carboxylic acids is 6. The molecule has 9 aromatic rings. The maximum Gasteiger partial charge on any atom is 0.269 e. The van der Waals surface area contributed by atoms with Crippen molar-refractivity contribution in [1.82, 2.24) is 44.8 Å². The third kappa shape index (κ3) is 19.6. The molecule has 2 saturated heterocycles. The predicted octanol–water partition coefficient (Wildman–Crippen LogP) is 12.1. The SMILES string of the molecule is CC(=O)N1CCN(c2ccc(C(=O)Nc3ccc(Cl)c(-c4ccccn4)c3)cn2)CC1.CC(C)CNC(=O)c1ccc(C(=O)Nc2ccc(Cl)c(-c3ccccn3)c2)cn1.O=C(Nc1ccc(Cl)c(-c2ccccn2)c1)c1ccc(S(=O)(=O)NCCCN2CCCC2=O)cc1. The van der Waals surface area contributed by atoms with Gasteiger partial charge in [0.15, 0.2) is 0 Å². The highest BCUT2D eigenvalue weighted by Crippen LogP contribution is 2.32. The van der Waals surface area contributed by atoms with E-state index in [1.54, 1.807) is 109 Å². The molecule has 95 heavy (non-hydrogen) atoms. The average molecular weight is 1360 g/mol. The molecule has 2 fully saturated rings. The Morgan fingerprint density at radius 1 is 0.537 bits per heavy atom. The number of nitrogens with zero attached hydrogens (tertiary/aromatic N) is 8. The molecule has 0 saturated carbocycles. The zero-order chi connectivity index (χ0) is 67.4. The zero-order valence-corrected chi connectivity index (χ0v) is 55.2. The van der Waals surface area contributed by atoms with Crippen molar-refractivity contribution in [2.45, 2.75) is 44.9 Å². The second-order valence-corrected chi connectivity index (χ2v) is 25.3. The van der Waals surface area contributed by atoms with Crippen molar-refractivity contribution in [1.29, 1.82) is 0 Å². The quantitative estimate of drug-likeness (QED) is 0.0471. The van der Waals surface area contributed by atoms with E-state index in [4.69, 9.17) is 34.8 Å². The molecule has 488 valence electrons. The van der Waals surface area contributed by atoms with Gasteiger partial charge in [0.2, 0.25) is 21.8 Å². The van der Waals surface area contributed by atoms with E-state index >= 15 is 0 Å². The van der Waals surface area contributed by atoms with Crippen LogP contribution in [0.25, 0.3) is 33.8 Å². The number of sulfonamides is 1.